The van der Waals surface area contributed by atoms with Crippen LogP contribution >= 0.6 is 23.4 Å². The summed E-state index contributed by atoms with van der Waals surface area (Å²) in [5.41, 5.74) is 0.412. The first-order valence-corrected chi connectivity index (χ1v) is 8.09. The average molecular weight is 300 g/mol. The van der Waals surface area contributed by atoms with Crippen LogP contribution in [0, 0.1) is 6.92 Å². The van der Waals surface area contributed by atoms with Gasteiger partial charge < -0.3 is 4.90 Å². The van der Waals surface area contributed by atoms with Crippen molar-refractivity contribution in [1.29, 1.82) is 0 Å². The Bertz CT molecular complexity index is 469. The zero-order chi connectivity index (χ0) is 13.8. The van der Waals surface area contributed by atoms with Crippen molar-refractivity contribution in [1.82, 2.24) is 9.97 Å². The van der Waals surface area contributed by atoms with Crippen LogP contribution in [0.25, 0.3) is 0 Å². The molecule has 1 fully saturated rings. The minimum absolute atomic E-state index is 0.253. The van der Waals surface area contributed by atoms with E-state index in [1.807, 2.05) is 11.8 Å². The van der Waals surface area contributed by atoms with Gasteiger partial charge in [-0.2, -0.15) is 11.8 Å². The highest BCUT2D eigenvalue weighted by Gasteiger charge is 2.21. The molecule has 1 atom stereocenters. The summed E-state index contributed by atoms with van der Waals surface area (Å²) in [6.45, 7) is 3.64. The minimum atomic E-state index is 0.253. The number of rotatable bonds is 3. The molecule has 104 valence electrons. The Morgan fingerprint density at radius 1 is 1.37 bits per heavy atom. The van der Waals surface area contributed by atoms with Crippen LogP contribution in [-0.4, -0.2) is 40.8 Å². The number of thioether (sulfide) groups is 1. The Kier molecular flexibility index (Phi) is 5.05. The zero-order valence-corrected chi connectivity index (χ0v) is 12.8. The van der Waals surface area contributed by atoms with Gasteiger partial charge in [-0.3, -0.25) is 4.79 Å². The lowest BCUT2D eigenvalue weighted by molar-refractivity contribution is 0.112. The van der Waals surface area contributed by atoms with Crippen molar-refractivity contribution in [3.63, 3.8) is 0 Å². The van der Waals surface area contributed by atoms with Crippen molar-refractivity contribution in [3.8, 4) is 0 Å². The van der Waals surface area contributed by atoms with Gasteiger partial charge in [0.15, 0.2) is 6.29 Å². The first-order chi connectivity index (χ1) is 9.15. The largest absolute Gasteiger partial charge is 0.356 e. The predicted octanol–water partition coefficient (Wildman–Crippen LogP) is 2.97. The zero-order valence-electron chi connectivity index (χ0n) is 11.2. The van der Waals surface area contributed by atoms with Crippen molar-refractivity contribution in [2.45, 2.75) is 31.4 Å². The van der Waals surface area contributed by atoms with Crippen molar-refractivity contribution in [2.24, 2.45) is 0 Å². The number of aromatic nitrogens is 2. The van der Waals surface area contributed by atoms with Gasteiger partial charge in [-0.05, 0) is 32.4 Å². The highest BCUT2D eigenvalue weighted by atomic mass is 35.5. The molecule has 1 aliphatic rings. The Balaban J connectivity index is 2.28. The third-order valence-electron chi connectivity index (χ3n) is 3.42. The van der Waals surface area contributed by atoms with Crippen LogP contribution in [0.3, 0.4) is 0 Å². The van der Waals surface area contributed by atoms with Crippen LogP contribution in [0.4, 0.5) is 5.82 Å². The second-order valence-corrected chi connectivity index (χ2v) is 6.19. The number of anilines is 1. The molecule has 1 aliphatic heterocycles. The monoisotopic (exact) mass is 299 g/mol. The molecule has 1 aromatic heterocycles. The summed E-state index contributed by atoms with van der Waals surface area (Å²) in [6.07, 6.45) is 6.35. The average Bonchev–Trinajstić information content (AvgIpc) is 2.63. The van der Waals surface area contributed by atoms with Gasteiger partial charge in [0.1, 0.15) is 16.8 Å². The van der Waals surface area contributed by atoms with Gasteiger partial charge in [0, 0.05) is 18.3 Å². The molecule has 1 saturated heterocycles. The van der Waals surface area contributed by atoms with Crippen molar-refractivity contribution >= 4 is 35.5 Å². The predicted molar refractivity (Wildman–Crippen MR) is 80.5 cm³/mol. The third-order valence-corrected chi connectivity index (χ3v) is 4.84. The van der Waals surface area contributed by atoms with E-state index in [9.17, 15) is 4.79 Å². The molecule has 0 aliphatic carbocycles. The van der Waals surface area contributed by atoms with Gasteiger partial charge in [-0.1, -0.05) is 11.6 Å². The first kappa shape index (κ1) is 14.6. The fourth-order valence-corrected chi connectivity index (χ4v) is 3.38. The van der Waals surface area contributed by atoms with Crippen molar-refractivity contribution in [2.75, 3.05) is 24.2 Å². The lowest BCUT2D eigenvalue weighted by Gasteiger charge is -2.23. The molecular formula is C13H18ClN3OS. The van der Waals surface area contributed by atoms with E-state index in [1.54, 1.807) is 6.92 Å². The maximum atomic E-state index is 11.2. The maximum absolute atomic E-state index is 11.2. The number of hydrogen-bond acceptors (Lipinski definition) is 5. The second-order valence-electron chi connectivity index (χ2n) is 4.69. The number of aldehydes is 1. The molecule has 0 radical (unpaired) electrons. The topological polar surface area (TPSA) is 46.1 Å². The summed E-state index contributed by atoms with van der Waals surface area (Å²) >= 11 is 7.96. The number of hydrogen-bond donors (Lipinski definition) is 0. The van der Waals surface area contributed by atoms with Crippen molar-refractivity contribution < 1.29 is 4.79 Å². The summed E-state index contributed by atoms with van der Waals surface area (Å²) in [5.74, 6) is 1.30. The van der Waals surface area contributed by atoms with E-state index < -0.39 is 0 Å². The molecule has 0 aromatic carbocycles. The van der Waals surface area contributed by atoms with E-state index in [0.29, 0.717) is 22.5 Å². The summed E-state index contributed by atoms with van der Waals surface area (Å²) in [4.78, 5) is 21.8. The van der Waals surface area contributed by atoms with Gasteiger partial charge >= 0.3 is 0 Å². The van der Waals surface area contributed by atoms with Gasteiger partial charge in [0.2, 0.25) is 0 Å². The minimum Gasteiger partial charge on any atom is -0.356 e. The molecule has 0 amide bonds. The van der Waals surface area contributed by atoms with Gasteiger partial charge in [0.05, 0.1) is 5.56 Å². The van der Waals surface area contributed by atoms with Crippen LogP contribution < -0.4 is 4.90 Å². The van der Waals surface area contributed by atoms with Gasteiger partial charge in [-0.15, -0.1) is 0 Å². The highest BCUT2D eigenvalue weighted by molar-refractivity contribution is 7.99. The van der Waals surface area contributed by atoms with Crippen molar-refractivity contribution in [3.05, 3.63) is 16.5 Å². The third kappa shape index (κ3) is 3.39. The summed E-state index contributed by atoms with van der Waals surface area (Å²) in [6, 6.07) is 0. The number of carbonyl (C=O) groups excluding carboxylic acids is 1. The Hall–Kier alpha value is -0.810. The Labute approximate surface area is 122 Å². The van der Waals surface area contributed by atoms with Crippen LogP contribution in [0.2, 0.25) is 5.15 Å². The standard InChI is InChI=1S/C13H18ClN3OS/c1-9-15-12(14)11(8-18)13(16-9)17-6-3-4-10(19-2)5-7-17/h8,10H,3-7H2,1-2H3. The molecule has 0 spiro atoms. The Morgan fingerprint density at radius 2 is 2.16 bits per heavy atom. The number of aryl methyl sites for hydroxylation is 1. The fourth-order valence-electron chi connectivity index (χ4n) is 2.39. The fraction of sp³-hybridized carbons (Fsp3) is 0.615. The molecule has 0 bridgehead atoms. The molecular weight excluding hydrogens is 282 g/mol. The van der Waals surface area contributed by atoms with E-state index in [4.69, 9.17) is 11.6 Å². The van der Waals surface area contributed by atoms with E-state index in [-0.39, 0.29) is 5.15 Å². The molecule has 0 N–H and O–H groups in total. The SMILES string of the molecule is CSC1CCCN(c2nc(C)nc(Cl)c2C=O)CC1. The van der Waals surface area contributed by atoms with Gasteiger partial charge in [-0.25, -0.2) is 9.97 Å². The normalized spacial score (nSPS) is 20.2. The lowest BCUT2D eigenvalue weighted by Crippen LogP contribution is -2.27. The summed E-state index contributed by atoms with van der Waals surface area (Å²) in [5, 5.41) is 0.950. The molecule has 0 saturated carbocycles. The van der Waals surface area contributed by atoms with Crippen LogP contribution in [0.5, 0.6) is 0 Å². The van der Waals surface area contributed by atoms with E-state index in [2.05, 4.69) is 21.1 Å². The van der Waals surface area contributed by atoms with Gasteiger partial charge in [0.25, 0.3) is 0 Å². The van der Waals surface area contributed by atoms with E-state index in [0.717, 1.165) is 32.2 Å². The second kappa shape index (κ2) is 6.57. The molecule has 1 unspecified atom stereocenters. The van der Waals surface area contributed by atoms with E-state index in [1.165, 1.54) is 6.42 Å². The molecule has 6 heteroatoms. The highest BCUT2D eigenvalue weighted by Crippen LogP contribution is 2.27. The Morgan fingerprint density at radius 3 is 2.84 bits per heavy atom. The first-order valence-electron chi connectivity index (χ1n) is 6.42. The quantitative estimate of drug-likeness (QED) is 0.634. The maximum Gasteiger partial charge on any atom is 0.156 e. The van der Waals surface area contributed by atoms with Crippen LogP contribution in [0.1, 0.15) is 35.4 Å². The van der Waals surface area contributed by atoms with E-state index >= 15 is 0 Å². The number of halogens is 1. The van der Waals surface area contributed by atoms with Crippen LogP contribution in [-0.2, 0) is 0 Å². The summed E-state index contributed by atoms with van der Waals surface area (Å²) < 4.78 is 0. The number of carbonyl (C=O) groups is 1. The molecule has 2 rings (SSSR count). The molecule has 4 nitrogen and oxygen atoms in total. The molecule has 19 heavy (non-hydrogen) atoms. The lowest BCUT2D eigenvalue weighted by atomic mass is 10.2. The molecule has 1 aromatic rings. The molecule has 2 heterocycles. The number of nitrogens with zero attached hydrogens (tertiary/aromatic N) is 3. The summed E-state index contributed by atoms with van der Waals surface area (Å²) in [7, 11) is 0. The smallest absolute Gasteiger partial charge is 0.156 e. The van der Waals surface area contributed by atoms with Crippen LogP contribution in [0.15, 0.2) is 0 Å².